The number of urea groups is 1. The third-order valence-electron chi connectivity index (χ3n) is 3.69. The van der Waals surface area contributed by atoms with E-state index in [1.165, 1.54) is 0 Å². The van der Waals surface area contributed by atoms with Crippen LogP contribution in [-0.2, 0) is 4.74 Å². The molecule has 0 saturated carbocycles. The molecule has 2 heterocycles. The van der Waals surface area contributed by atoms with Gasteiger partial charge in [0.2, 0.25) is 0 Å². The van der Waals surface area contributed by atoms with Crippen LogP contribution in [0.3, 0.4) is 0 Å². The monoisotopic (exact) mass is 312 g/mol. The first-order chi connectivity index (χ1) is 10.2. The van der Waals surface area contributed by atoms with Crippen molar-refractivity contribution in [3.05, 3.63) is 11.6 Å². The highest BCUT2D eigenvalue weighted by atomic mass is 32.1. The van der Waals surface area contributed by atoms with Gasteiger partial charge in [0.05, 0.1) is 0 Å². The highest BCUT2D eigenvalue weighted by Gasteiger charge is 2.24. The first-order valence-corrected chi connectivity index (χ1v) is 8.23. The van der Waals surface area contributed by atoms with Crippen molar-refractivity contribution in [2.75, 3.05) is 45.7 Å². The average Bonchev–Trinajstić information content (AvgIpc) is 3.00. The van der Waals surface area contributed by atoms with Crippen LogP contribution in [0.1, 0.15) is 19.3 Å². The summed E-state index contributed by atoms with van der Waals surface area (Å²) in [5.74, 6) is 0. The summed E-state index contributed by atoms with van der Waals surface area (Å²) in [5.41, 5.74) is 0. The molecule has 7 heteroatoms. The Balaban J connectivity index is 1.71. The number of hydrogen-bond donors (Lipinski definition) is 1. The van der Waals surface area contributed by atoms with E-state index in [0.29, 0.717) is 12.6 Å². The number of amides is 2. The number of nitrogens with zero attached hydrogens (tertiary/aromatic N) is 3. The zero-order valence-corrected chi connectivity index (χ0v) is 13.6. The average molecular weight is 312 g/mol. The minimum Gasteiger partial charge on any atom is -0.385 e. The fraction of sp³-hybridized carbons (Fsp3) is 0.714. The van der Waals surface area contributed by atoms with Gasteiger partial charge >= 0.3 is 6.03 Å². The van der Waals surface area contributed by atoms with Crippen LogP contribution in [0.5, 0.6) is 0 Å². The number of rotatable bonds is 6. The third-order valence-corrected chi connectivity index (χ3v) is 4.40. The Morgan fingerprint density at radius 2 is 2.33 bits per heavy atom. The van der Waals surface area contributed by atoms with Crippen LogP contribution in [0.25, 0.3) is 0 Å². The number of likely N-dealkylation sites (tertiary alicyclic amines) is 1. The maximum atomic E-state index is 12.3. The van der Waals surface area contributed by atoms with Crippen LogP contribution in [0, 0.1) is 0 Å². The van der Waals surface area contributed by atoms with Crippen molar-refractivity contribution in [3.8, 4) is 0 Å². The molecule has 0 radical (unpaired) electrons. The minimum absolute atomic E-state index is 0.124. The van der Waals surface area contributed by atoms with Crippen molar-refractivity contribution < 1.29 is 9.53 Å². The lowest BCUT2D eigenvalue weighted by molar-refractivity contribution is 0.141. The van der Waals surface area contributed by atoms with Crippen LogP contribution in [0.4, 0.5) is 9.93 Å². The van der Waals surface area contributed by atoms with Gasteiger partial charge in [-0.2, -0.15) is 0 Å². The number of carbonyl (C=O) groups is 1. The van der Waals surface area contributed by atoms with Crippen molar-refractivity contribution in [1.29, 1.82) is 0 Å². The second kappa shape index (κ2) is 8.19. The molecule has 1 aromatic rings. The normalized spacial score (nSPS) is 16.0. The van der Waals surface area contributed by atoms with Crippen LogP contribution in [-0.4, -0.2) is 67.3 Å². The molecule has 21 heavy (non-hydrogen) atoms. The molecule has 0 atom stereocenters. The summed E-state index contributed by atoms with van der Waals surface area (Å²) in [7, 11) is 3.54. The third kappa shape index (κ3) is 4.86. The van der Waals surface area contributed by atoms with Gasteiger partial charge in [-0.3, -0.25) is 0 Å². The quantitative estimate of drug-likeness (QED) is 0.817. The molecule has 2 rings (SSSR count). The molecule has 1 aliphatic heterocycles. The summed E-state index contributed by atoms with van der Waals surface area (Å²) in [5, 5.41) is 6.37. The standard InChI is InChI=1S/C14H24N4O2S/c1-17(7-3-10-20-2)14(19)18-8-4-12(5-9-18)16-13-15-6-11-21-13/h6,11-12H,3-5,7-10H2,1-2H3,(H,15,16). The van der Waals surface area contributed by atoms with Gasteiger partial charge < -0.3 is 19.9 Å². The van der Waals surface area contributed by atoms with Crippen LogP contribution >= 0.6 is 11.3 Å². The van der Waals surface area contributed by atoms with E-state index in [1.54, 1.807) is 29.5 Å². The second-order valence-electron chi connectivity index (χ2n) is 5.29. The maximum absolute atomic E-state index is 12.3. The number of carbonyl (C=O) groups excluding carboxylic acids is 1. The van der Waals surface area contributed by atoms with E-state index in [0.717, 1.165) is 44.0 Å². The number of thiazole rings is 1. The molecule has 0 spiro atoms. The lowest BCUT2D eigenvalue weighted by Crippen LogP contribution is -2.47. The lowest BCUT2D eigenvalue weighted by Gasteiger charge is -2.34. The second-order valence-corrected chi connectivity index (χ2v) is 6.19. The number of methoxy groups -OCH3 is 1. The van der Waals surface area contributed by atoms with Crippen LogP contribution in [0.2, 0.25) is 0 Å². The molecule has 0 aromatic carbocycles. The van der Waals surface area contributed by atoms with E-state index in [-0.39, 0.29) is 6.03 Å². The van der Waals surface area contributed by atoms with Gasteiger partial charge in [-0.05, 0) is 19.3 Å². The molecule has 118 valence electrons. The molecule has 1 aliphatic rings. The topological polar surface area (TPSA) is 57.7 Å². The van der Waals surface area contributed by atoms with Gasteiger partial charge in [0.1, 0.15) is 0 Å². The molecule has 1 saturated heterocycles. The zero-order chi connectivity index (χ0) is 15.1. The van der Waals surface area contributed by atoms with E-state index in [4.69, 9.17) is 4.74 Å². The Labute approximate surface area is 130 Å². The van der Waals surface area contributed by atoms with Crippen LogP contribution < -0.4 is 5.32 Å². The Morgan fingerprint density at radius 3 is 2.95 bits per heavy atom. The number of ether oxygens (including phenoxy) is 1. The Hall–Kier alpha value is -1.34. The van der Waals surface area contributed by atoms with E-state index in [1.807, 2.05) is 17.3 Å². The van der Waals surface area contributed by atoms with Crippen molar-refractivity contribution in [2.45, 2.75) is 25.3 Å². The summed E-state index contributed by atoms with van der Waals surface area (Å²) in [6.07, 6.45) is 4.62. The minimum atomic E-state index is 0.124. The molecule has 1 aromatic heterocycles. The Bertz CT molecular complexity index is 419. The number of nitrogens with one attached hydrogen (secondary N) is 1. The van der Waals surface area contributed by atoms with Crippen molar-refractivity contribution in [3.63, 3.8) is 0 Å². The van der Waals surface area contributed by atoms with Crippen LogP contribution in [0.15, 0.2) is 11.6 Å². The van der Waals surface area contributed by atoms with Gasteiger partial charge in [-0.1, -0.05) is 0 Å². The molecule has 0 unspecified atom stereocenters. The van der Waals surface area contributed by atoms with Crippen molar-refractivity contribution in [2.24, 2.45) is 0 Å². The zero-order valence-electron chi connectivity index (χ0n) is 12.7. The molecular weight excluding hydrogens is 288 g/mol. The van der Waals surface area contributed by atoms with E-state index in [9.17, 15) is 4.79 Å². The highest BCUT2D eigenvalue weighted by Crippen LogP contribution is 2.18. The summed E-state index contributed by atoms with van der Waals surface area (Å²) in [6, 6.07) is 0.540. The summed E-state index contributed by atoms with van der Waals surface area (Å²) in [6.45, 7) is 3.04. The van der Waals surface area contributed by atoms with Gasteiger partial charge in [0, 0.05) is 58.0 Å². The highest BCUT2D eigenvalue weighted by molar-refractivity contribution is 7.13. The first-order valence-electron chi connectivity index (χ1n) is 7.35. The van der Waals surface area contributed by atoms with E-state index >= 15 is 0 Å². The van der Waals surface area contributed by atoms with Gasteiger partial charge in [0.25, 0.3) is 0 Å². The largest absolute Gasteiger partial charge is 0.385 e. The number of hydrogen-bond acceptors (Lipinski definition) is 5. The van der Waals surface area contributed by atoms with Crippen molar-refractivity contribution in [1.82, 2.24) is 14.8 Å². The SMILES string of the molecule is COCCCN(C)C(=O)N1CCC(Nc2nccs2)CC1. The van der Waals surface area contributed by atoms with Gasteiger partial charge in [0.15, 0.2) is 5.13 Å². The molecule has 0 aliphatic carbocycles. The first kappa shape index (κ1) is 16.0. The smallest absolute Gasteiger partial charge is 0.319 e. The van der Waals surface area contributed by atoms with Crippen molar-refractivity contribution >= 4 is 22.5 Å². The van der Waals surface area contributed by atoms with Gasteiger partial charge in [-0.25, -0.2) is 9.78 Å². The maximum Gasteiger partial charge on any atom is 0.319 e. The number of anilines is 1. The summed E-state index contributed by atoms with van der Waals surface area (Å²) in [4.78, 5) is 20.3. The van der Waals surface area contributed by atoms with E-state index in [2.05, 4.69) is 10.3 Å². The Kier molecular flexibility index (Phi) is 6.25. The number of aromatic nitrogens is 1. The predicted molar refractivity (Wildman–Crippen MR) is 84.9 cm³/mol. The predicted octanol–water partition coefficient (Wildman–Crippen LogP) is 2.11. The Morgan fingerprint density at radius 1 is 1.57 bits per heavy atom. The lowest BCUT2D eigenvalue weighted by atomic mass is 10.1. The molecule has 1 N–H and O–H groups in total. The fourth-order valence-electron chi connectivity index (χ4n) is 2.47. The molecule has 0 bridgehead atoms. The summed E-state index contributed by atoms with van der Waals surface area (Å²) >= 11 is 1.62. The summed E-state index contributed by atoms with van der Waals surface area (Å²) < 4.78 is 5.02. The molecule has 6 nitrogen and oxygen atoms in total. The number of piperidine rings is 1. The molecular formula is C14H24N4O2S. The molecule has 1 fully saturated rings. The van der Waals surface area contributed by atoms with Gasteiger partial charge in [-0.15, -0.1) is 11.3 Å². The fourth-order valence-corrected chi connectivity index (χ4v) is 3.07. The molecule has 2 amide bonds. The van der Waals surface area contributed by atoms with E-state index < -0.39 is 0 Å².